The molecule has 1 aliphatic heterocycles. The van der Waals surface area contributed by atoms with E-state index >= 15 is 0 Å². The van der Waals surface area contributed by atoms with E-state index in [4.69, 9.17) is 4.74 Å². The Labute approximate surface area is 88.6 Å². The summed E-state index contributed by atoms with van der Waals surface area (Å²) >= 11 is 0. The van der Waals surface area contributed by atoms with Gasteiger partial charge in [-0.2, -0.15) is 0 Å². The highest BCUT2D eigenvalue weighted by Gasteiger charge is 2.19. The summed E-state index contributed by atoms with van der Waals surface area (Å²) in [6.07, 6.45) is -0.382. The van der Waals surface area contributed by atoms with Crippen molar-refractivity contribution in [1.82, 2.24) is 10.6 Å². The fourth-order valence-electron chi connectivity index (χ4n) is 1.37. The Morgan fingerprint density at radius 3 is 2.93 bits per heavy atom. The maximum atomic E-state index is 11.4. The van der Waals surface area contributed by atoms with Crippen LogP contribution in [0.2, 0.25) is 0 Å². The van der Waals surface area contributed by atoms with Gasteiger partial charge in [-0.25, -0.2) is 4.79 Å². The van der Waals surface area contributed by atoms with E-state index in [0.29, 0.717) is 5.75 Å². The zero-order valence-electron chi connectivity index (χ0n) is 8.62. The van der Waals surface area contributed by atoms with E-state index in [2.05, 4.69) is 10.6 Å². The second-order valence-corrected chi connectivity index (χ2v) is 3.71. The number of benzene rings is 1. The minimum Gasteiger partial charge on any atom is -0.410 e. The van der Waals surface area contributed by atoms with Crippen molar-refractivity contribution < 1.29 is 9.53 Å². The van der Waals surface area contributed by atoms with Gasteiger partial charge in [-0.3, -0.25) is 0 Å². The van der Waals surface area contributed by atoms with Gasteiger partial charge < -0.3 is 15.4 Å². The molecular weight excluding hydrogens is 192 g/mol. The number of ether oxygens (including phenoxy) is 1. The summed E-state index contributed by atoms with van der Waals surface area (Å²) in [5, 5.41) is 5.83. The van der Waals surface area contributed by atoms with Gasteiger partial charge in [0, 0.05) is 13.1 Å². The smallest absolute Gasteiger partial charge is 0.410 e. The van der Waals surface area contributed by atoms with Crippen LogP contribution in [0.3, 0.4) is 0 Å². The topological polar surface area (TPSA) is 50.4 Å². The first kappa shape index (κ1) is 9.98. The van der Waals surface area contributed by atoms with E-state index in [-0.39, 0.29) is 12.1 Å². The van der Waals surface area contributed by atoms with E-state index in [1.165, 1.54) is 0 Å². The Morgan fingerprint density at radius 1 is 1.53 bits per heavy atom. The fraction of sp³-hybridized carbons (Fsp3) is 0.364. The lowest BCUT2D eigenvalue weighted by Gasteiger charge is -2.27. The third kappa shape index (κ3) is 2.70. The number of aryl methyl sites for hydroxylation is 1. The minimum absolute atomic E-state index is 0.210. The number of hydrogen-bond acceptors (Lipinski definition) is 3. The van der Waals surface area contributed by atoms with Crippen LogP contribution in [0.25, 0.3) is 0 Å². The van der Waals surface area contributed by atoms with E-state index in [0.717, 1.165) is 18.7 Å². The van der Waals surface area contributed by atoms with Crippen LogP contribution < -0.4 is 15.4 Å². The van der Waals surface area contributed by atoms with Crippen LogP contribution in [0.15, 0.2) is 24.3 Å². The van der Waals surface area contributed by atoms with Crippen LogP contribution in [0.5, 0.6) is 5.75 Å². The molecule has 0 saturated carbocycles. The summed E-state index contributed by atoms with van der Waals surface area (Å²) in [5.41, 5.74) is 1.07. The summed E-state index contributed by atoms with van der Waals surface area (Å²) < 4.78 is 5.12. The molecule has 0 atom stereocenters. The molecule has 0 unspecified atom stereocenters. The predicted molar refractivity (Wildman–Crippen MR) is 57.0 cm³/mol. The first-order chi connectivity index (χ1) is 7.24. The van der Waals surface area contributed by atoms with Crippen molar-refractivity contribution in [2.75, 3.05) is 13.1 Å². The van der Waals surface area contributed by atoms with Crippen LogP contribution >= 0.6 is 0 Å². The minimum atomic E-state index is -0.382. The number of hydrogen-bond donors (Lipinski definition) is 2. The molecule has 1 aromatic rings. The highest BCUT2D eigenvalue weighted by molar-refractivity contribution is 5.70. The normalized spacial score (nSPS) is 15.5. The van der Waals surface area contributed by atoms with Gasteiger partial charge in [0.25, 0.3) is 0 Å². The molecule has 2 rings (SSSR count). The van der Waals surface area contributed by atoms with Gasteiger partial charge >= 0.3 is 6.09 Å². The number of rotatable bonds is 2. The largest absolute Gasteiger partial charge is 0.412 e. The molecule has 0 aliphatic carbocycles. The molecule has 1 aromatic carbocycles. The van der Waals surface area contributed by atoms with E-state index < -0.39 is 0 Å². The predicted octanol–water partition coefficient (Wildman–Crippen LogP) is 1.06. The zero-order chi connectivity index (χ0) is 10.7. The third-order valence-electron chi connectivity index (χ3n) is 2.30. The lowest BCUT2D eigenvalue weighted by molar-refractivity contribution is 0.190. The van der Waals surface area contributed by atoms with Gasteiger partial charge in [-0.15, -0.1) is 0 Å². The first-order valence-corrected chi connectivity index (χ1v) is 5.00. The summed E-state index contributed by atoms with van der Waals surface area (Å²) in [6.45, 7) is 3.60. The van der Waals surface area contributed by atoms with Gasteiger partial charge in [-0.1, -0.05) is 12.1 Å². The zero-order valence-corrected chi connectivity index (χ0v) is 8.62. The molecule has 1 saturated heterocycles. The van der Waals surface area contributed by atoms with Gasteiger partial charge in [0.1, 0.15) is 5.75 Å². The summed E-state index contributed by atoms with van der Waals surface area (Å²) in [5.74, 6) is 0.583. The highest BCUT2D eigenvalue weighted by atomic mass is 16.6. The van der Waals surface area contributed by atoms with Crippen molar-refractivity contribution in [3.8, 4) is 5.75 Å². The lowest BCUT2D eigenvalue weighted by Crippen LogP contribution is -2.57. The average molecular weight is 206 g/mol. The lowest BCUT2D eigenvalue weighted by atomic mass is 10.2. The van der Waals surface area contributed by atoms with Crippen molar-refractivity contribution >= 4 is 6.09 Å². The number of amides is 1. The maximum absolute atomic E-state index is 11.4. The Hall–Kier alpha value is -1.55. The number of carbonyl (C=O) groups excluding carboxylic acids is 1. The van der Waals surface area contributed by atoms with E-state index in [1.807, 2.05) is 25.1 Å². The molecule has 80 valence electrons. The van der Waals surface area contributed by atoms with Crippen molar-refractivity contribution in [2.45, 2.75) is 13.0 Å². The molecule has 4 nitrogen and oxygen atoms in total. The molecule has 0 bridgehead atoms. The monoisotopic (exact) mass is 206 g/mol. The molecule has 15 heavy (non-hydrogen) atoms. The standard InChI is InChI=1S/C11H14N2O2/c1-8-3-2-4-10(5-8)15-11(14)13-9-6-12-7-9/h2-5,9,12H,6-7H2,1H3,(H,13,14). The molecule has 0 aromatic heterocycles. The molecule has 0 radical (unpaired) electrons. The number of carbonyl (C=O) groups is 1. The number of nitrogens with one attached hydrogen (secondary N) is 2. The molecule has 1 aliphatic rings. The van der Waals surface area contributed by atoms with Crippen molar-refractivity contribution in [3.63, 3.8) is 0 Å². The molecule has 1 fully saturated rings. The van der Waals surface area contributed by atoms with Crippen molar-refractivity contribution in [1.29, 1.82) is 0 Å². The molecule has 1 amide bonds. The second kappa shape index (κ2) is 4.31. The third-order valence-corrected chi connectivity index (χ3v) is 2.30. The maximum Gasteiger partial charge on any atom is 0.412 e. The summed E-state index contributed by atoms with van der Waals surface area (Å²) in [7, 11) is 0. The molecule has 1 heterocycles. The Bertz CT molecular complexity index is 361. The van der Waals surface area contributed by atoms with Gasteiger partial charge in [0.15, 0.2) is 0 Å². The van der Waals surface area contributed by atoms with Gasteiger partial charge in [-0.05, 0) is 24.6 Å². The average Bonchev–Trinajstić information content (AvgIpc) is 2.11. The molecule has 2 N–H and O–H groups in total. The van der Waals surface area contributed by atoms with Crippen molar-refractivity contribution in [3.05, 3.63) is 29.8 Å². The van der Waals surface area contributed by atoms with Gasteiger partial charge in [0.05, 0.1) is 6.04 Å². The summed E-state index contributed by atoms with van der Waals surface area (Å²) in [4.78, 5) is 11.4. The van der Waals surface area contributed by atoms with Crippen molar-refractivity contribution in [2.24, 2.45) is 0 Å². The molecule has 0 spiro atoms. The Balaban J connectivity index is 1.87. The Morgan fingerprint density at radius 2 is 2.33 bits per heavy atom. The highest BCUT2D eigenvalue weighted by Crippen LogP contribution is 2.12. The van der Waals surface area contributed by atoms with E-state index in [9.17, 15) is 4.79 Å². The van der Waals surface area contributed by atoms with Crippen LogP contribution in [0.1, 0.15) is 5.56 Å². The van der Waals surface area contributed by atoms with Gasteiger partial charge in [0.2, 0.25) is 0 Å². The van der Waals surface area contributed by atoms with E-state index in [1.54, 1.807) is 6.07 Å². The van der Waals surface area contributed by atoms with Crippen LogP contribution in [0, 0.1) is 6.92 Å². The molecular formula is C11H14N2O2. The Kier molecular flexibility index (Phi) is 2.87. The quantitative estimate of drug-likeness (QED) is 0.760. The second-order valence-electron chi connectivity index (χ2n) is 3.71. The first-order valence-electron chi connectivity index (χ1n) is 5.00. The summed E-state index contributed by atoms with van der Waals surface area (Å²) in [6, 6.07) is 7.63. The van der Waals surface area contributed by atoms with Crippen LogP contribution in [-0.2, 0) is 0 Å². The van der Waals surface area contributed by atoms with Crippen LogP contribution in [0.4, 0.5) is 4.79 Å². The SMILES string of the molecule is Cc1cccc(OC(=O)NC2CNC2)c1. The van der Waals surface area contributed by atoms with Crippen LogP contribution in [-0.4, -0.2) is 25.2 Å². The molecule has 4 heteroatoms. The fourth-order valence-corrected chi connectivity index (χ4v) is 1.37.